The summed E-state index contributed by atoms with van der Waals surface area (Å²) in [6.45, 7) is 3.09. The fourth-order valence-electron chi connectivity index (χ4n) is 3.87. The first-order chi connectivity index (χ1) is 14.8. The van der Waals surface area contributed by atoms with E-state index in [1.807, 2.05) is 12.1 Å². The summed E-state index contributed by atoms with van der Waals surface area (Å²) in [6, 6.07) is 7.73. The average molecular weight is 444 g/mol. The number of ether oxygens (including phenoxy) is 1. The van der Waals surface area contributed by atoms with E-state index in [-0.39, 0.29) is 12.0 Å². The minimum absolute atomic E-state index is 0.160. The Labute approximate surface area is 175 Å². The Kier molecular flexibility index (Phi) is 7.39. The van der Waals surface area contributed by atoms with Crippen LogP contribution in [0.25, 0.3) is 0 Å². The second-order valence-corrected chi connectivity index (χ2v) is 7.28. The number of nitrogens with one attached hydrogen (secondary N) is 1. The molecule has 11 heteroatoms. The van der Waals surface area contributed by atoms with Gasteiger partial charge in [-0.2, -0.15) is 13.2 Å². The molecule has 3 unspecified atom stereocenters. The van der Waals surface area contributed by atoms with Gasteiger partial charge in [0.05, 0.1) is 31.8 Å². The van der Waals surface area contributed by atoms with Crippen LogP contribution >= 0.6 is 0 Å². The zero-order valence-corrected chi connectivity index (χ0v) is 16.5. The molecule has 2 aromatic heterocycles. The fourth-order valence-corrected chi connectivity index (χ4v) is 3.87. The molecular weight excluding hydrogens is 421 g/mol. The number of carbonyl (C=O) groups is 2. The Morgan fingerprint density at radius 1 is 1.16 bits per heavy atom. The van der Waals surface area contributed by atoms with E-state index in [9.17, 15) is 18.0 Å². The van der Waals surface area contributed by atoms with Crippen molar-refractivity contribution >= 4 is 11.9 Å². The number of hydrogen-bond donors (Lipinski definition) is 2. The normalized spacial score (nSPS) is 23.5. The fraction of sp³-hybridized carbons (Fsp3) is 0.500. The lowest BCUT2D eigenvalue weighted by Crippen LogP contribution is -2.50. The van der Waals surface area contributed by atoms with E-state index in [1.165, 1.54) is 6.26 Å². The van der Waals surface area contributed by atoms with Crippen molar-refractivity contribution in [3.05, 3.63) is 48.3 Å². The highest BCUT2D eigenvalue weighted by atomic mass is 19.4. The summed E-state index contributed by atoms with van der Waals surface area (Å²) in [7, 11) is 0. The highest BCUT2D eigenvalue weighted by molar-refractivity contribution is 5.91. The molecule has 1 saturated heterocycles. The van der Waals surface area contributed by atoms with Gasteiger partial charge in [-0.25, -0.2) is 4.79 Å². The maximum atomic E-state index is 12.0. The molecule has 2 aliphatic rings. The van der Waals surface area contributed by atoms with E-state index in [1.54, 1.807) is 18.4 Å². The van der Waals surface area contributed by atoms with Gasteiger partial charge < -0.3 is 24.0 Å². The van der Waals surface area contributed by atoms with Crippen LogP contribution in [-0.4, -0.2) is 59.9 Å². The third-order valence-electron chi connectivity index (χ3n) is 5.29. The van der Waals surface area contributed by atoms with Crippen LogP contribution in [0.4, 0.5) is 13.2 Å². The van der Waals surface area contributed by atoms with E-state index >= 15 is 0 Å². The van der Waals surface area contributed by atoms with Gasteiger partial charge in [0, 0.05) is 25.0 Å². The molecule has 1 aliphatic carbocycles. The number of alkyl halides is 3. The standard InChI is InChI=1S/C18H22N2O4.C2HF3O2/c21-18(16-4-2-9-23-16)19-11-13-5-6-15-17(13)24-10-7-20(15)12-14-3-1-8-22-14;3-2(4,5)1(6)7/h1-4,8-9,13,15,17H,5-7,10-12H2,(H,19,21);(H,6,7). The lowest BCUT2D eigenvalue weighted by atomic mass is 10.0. The Morgan fingerprint density at radius 3 is 2.48 bits per heavy atom. The Morgan fingerprint density at radius 2 is 1.87 bits per heavy atom. The van der Waals surface area contributed by atoms with Crippen LogP contribution in [0.3, 0.4) is 0 Å². The van der Waals surface area contributed by atoms with Crippen molar-refractivity contribution in [2.45, 2.75) is 37.7 Å². The molecule has 31 heavy (non-hydrogen) atoms. The zero-order chi connectivity index (χ0) is 22.4. The number of halogens is 3. The first kappa shape index (κ1) is 22.9. The first-order valence-electron chi connectivity index (χ1n) is 9.75. The van der Waals surface area contributed by atoms with Crippen LogP contribution in [0.1, 0.15) is 29.2 Å². The van der Waals surface area contributed by atoms with Gasteiger partial charge in [0.2, 0.25) is 0 Å². The number of carbonyl (C=O) groups excluding carboxylic acids is 1. The summed E-state index contributed by atoms with van der Waals surface area (Å²) in [6.07, 6.45) is 0.465. The van der Waals surface area contributed by atoms with Crippen LogP contribution in [0.5, 0.6) is 0 Å². The van der Waals surface area contributed by atoms with Crippen LogP contribution in [-0.2, 0) is 16.1 Å². The number of carboxylic acids is 1. The van der Waals surface area contributed by atoms with Gasteiger partial charge in [-0.3, -0.25) is 9.69 Å². The average Bonchev–Trinajstić information content (AvgIpc) is 3.48. The molecule has 0 spiro atoms. The largest absolute Gasteiger partial charge is 0.490 e. The van der Waals surface area contributed by atoms with Crippen molar-refractivity contribution in [3.8, 4) is 0 Å². The van der Waals surface area contributed by atoms with Gasteiger partial charge in [-0.1, -0.05) is 0 Å². The van der Waals surface area contributed by atoms with Gasteiger partial charge in [-0.15, -0.1) is 0 Å². The monoisotopic (exact) mass is 444 g/mol. The SMILES string of the molecule is O=C(NCC1CCC2C1OCCN2Cc1ccco1)c1ccco1.O=C(O)C(F)(F)F. The van der Waals surface area contributed by atoms with Gasteiger partial charge >= 0.3 is 12.1 Å². The number of amides is 1. The lowest BCUT2D eigenvalue weighted by molar-refractivity contribution is -0.192. The Balaban J connectivity index is 0.000000339. The molecule has 1 amide bonds. The van der Waals surface area contributed by atoms with E-state index in [4.69, 9.17) is 23.5 Å². The summed E-state index contributed by atoms with van der Waals surface area (Å²) in [5.74, 6) is -1.23. The molecule has 8 nitrogen and oxygen atoms in total. The quantitative estimate of drug-likeness (QED) is 0.731. The summed E-state index contributed by atoms with van der Waals surface area (Å²) < 4.78 is 48.4. The number of carboxylic acid groups (broad SMARTS) is 1. The van der Waals surface area contributed by atoms with Crippen molar-refractivity contribution in [1.29, 1.82) is 0 Å². The molecule has 0 bridgehead atoms. The predicted octanol–water partition coefficient (Wildman–Crippen LogP) is 2.92. The molecule has 3 heterocycles. The zero-order valence-electron chi connectivity index (χ0n) is 16.5. The summed E-state index contributed by atoms with van der Waals surface area (Å²) in [5, 5.41) is 10.1. The lowest BCUT2D eigenvalue weighted by Gasteiger charge is -2.38. The maximum absolute atomic E-state index is 12.0. The van der Waals surface area contributed by atoms with Gasteiger partial charge in [-0.05, 0) is 37.1 Å². The van der Waals surface area contributed by atoms with Crippen molar-refractivity contribution in [2.24, 2.45) is 5.92 Å². The predicted molar refractivity (Wildman–Crippen MR) is 100 cm³/mol. The second kappa shape index (κ2) is 10.0. The Hall–Kier alpha value is -2.79. The first-order valence-corrected chi connectivity index (χ1v) is 9.75. The highest BCUT2D eigenvalue weighted by Gasteiger charge is 2.42. The molecule has 3 atom stereocenters. The molecule has 0 radical (unpaired) electrons. The van der Waals surface area contributed by atoms with E-state index in [0.29, 0.717) is 24.3 Å². The van der Waals surface area contributed by atoms with E-state index < -0.39 is 12.1 Å². The number of hydrogen-bond acceptors (Lipinski definition) is 6. The maximum Gasteiger partial charge on any atom is 0.490 e. The molecule has 1 saturated carbocycles. The molecule has 2 N–H and O–H groups in total. The number of rotatable bonds is 5. The minimum atomic E-state index is -5.08. The molecule has 1 aliphatic heterocycles. The smallest absolute Gasteiger partial charge is 0.475 e. The molecular formula is C20H23F3N2O6. The molecule has 170 valence electrons. The molecule has 4 rings (SSSR count). The number of morpholine rings is 1. The van der Waals surface area contributed by atoms with E-state index in [0.717, 1.165) is 38.3 Å². The third-order valence-corrected chi connectivity index (χ3v) is 5.29. The highest BCUT2D eigenvalue weighted by Crippen LogP contribution is 2.35. The second-order valence-electron chi connectivity index (χ2n) is 7.28. The van der Waals surface area contributed by atoms with Gasteiger partial charge in [0.1, 0.15) is 5.76 Å². The van der Waals surface area contributed by atoms with Crippen LogP contribution in [0, 0.1) is 5.92 Å². The minimum Gasteiger partial charge on any atom is -0.475 e. The van der Waals surface area contributed by atoms with Crippen molar-refractivity contribution < 1.29 is 41.4 Å². The van der Waals surface area contributed by atoms with Crippen molar-refractivity contribution in [1.82, 2.24) is 10.2 Å². The Bertz CT molecular complexity index is 838. The number of fused-ring (bicyclic) bond motifs is 1. The van der Waals surface area contributed by atoms with Gasteiger partial charge in [0.15, 0.2) is 5.76 Å². The van der Waals surface area contributed by atoms with Gasteiger partial charge in [0.25, 0.3) is 5.91 Å². The van der Waals surface area contributed by atoms with Crippen LogP contribution < -0.4 is 5.32 Å². The third kappa shape index (κ3) is 6.11. The molecule has 2 fully saturated rings. The van der Waals surface area contributed by atoms with Crippen LogP contribution in [0.15, 0.2) is 45.6 Å². The summed E-state index contributed by atoms with van der Waals surface area (Å²) in [4.78, 5) is 23.4. The summed E-state index contributed by atoms with van der Waals surface area (Å²) >= 11 is 0. The molecule has 0 aromatic carbocycles. The molecule has 2 aromatic rings. The van der Waals surface area contributed by atoms with Crippen molar-refractivity contribution in [2.75, 3.05) is 19.7 Å². The topological polar surface area (TPSA) is 105 Å². The van der Waals surface area contributed by atoms with Crippen LogP contribution in [0.2, 0.25) is 0 Å². The summed E-state index contributed by atoms with van der Waals surface area (Å²) in [5.41, 5.74) is 0. The van der Waals surface area contributed by atoms with Crippen molar-refractivity contribution in [3.63, 3.8) is 0 Å². The number of furan rings is 2. The number of nitrogens with zero attached hydrogens (tertiary/aromatic N) is 1. The number of aliphatic carboxylic acids is 1. The van der Waals surface area contributed by atoms with E-state index in [2.05, 4.69) is 10.2 Å².